The molecule has 2 aromatic rings. The van der Waals surface area contributed by atoms with Crippen molar-refractivity contribution in [1.82, 2.24) is 10.6 Å². The minimum atomic E-state index is -0.547. The molecule has 2 aromatic heterocycles. The summed E-state index contributed by atoms with van der Waals surface area (Å²) < 4.78 is 5.10. The van der Waals surface area contributed by atoms with Crippen molar-refractivity contribution >= 4 is 39.6 Å². The minimum Gasteiger partial charge on any atom is -0.467 e. The fourth-order valence-electron chi connectivity index (χ4n) is 1.34. The normalized spacial score (nSPS) is 10.0. The largest absolute Gasteiger partial charge is 0.467 e. The summed E-state index contributed by atoms with van der Waals surface area (Å²) in [5.41, 5.74) is 0.198. The zero-order valence-corrected chi connectivity index (χ0v) is 11.6. The highest BCUT2D eigenvalue weighted by Gasteiger charge is 2.15. The summed E-state index contributed by atoms with van der Waals surface area (Å²) in [5, 5.41) is 17.2. The molecule has 104 valence electrons. The molecule has 0 spiro atoms. The van der Waals surface area contributed by atoms with Gasteiger partial charge in [0.15, 0.2) is 5.11 Å². The van der Waals surface area contributed by atoms with Gasteiger partial charge in [-0.05, 0) is 24.4 Å². The molecule has 7 nitrogen and oxygen atoms in total. The highest BCUT2D eigenvalue weighted by atomic mass is 32.1. The fourth-order valence-corrected chi connectivity index (χ4v) is 2.21. The first-order valence-electron chi connectivity index (χ1n) is 5.41. The Labute approximate surface area is 122 Å². The predicted molar refractivity (Wildman–Crippen MR) is 76.6 cm³/mol. The molecular weight excluding hydrogens is 302 g/mol. The molecule has 0 saturated carbocycles. The van der Waals surface area contributed by atoms with Crippen LogP contribution in [0.4, 0.5) is 5.00 Å². The summed E-state index contributed by atoms with van der Waals surface area (Å²) in [4.78, 5) is 21.8. The molecule has 0 aliphatic heterocycles. The molecule has 0 bridgehead atoms. The zero-order chi connectivity index (χ0) is 14.5. The molecule has 2 heterocycles. The van der Waals surface area contributed by atoms with Gasteiger partial charge in [-0.25, -0.2) is 0 Å². The van der Waals surface area contributed by atoms with E-state index < -0.39 is 10.8 Å². The number of amides is 1. The van der Waals surface area contributed by atoms with Gasteiger partial charge in [0.25, 0.3) is 5.91 Å². The van der Waals surface area contributed by atoms with Crippen LogP contribution in [0.5, 0.6) is 0 Å². The number of thiocarbonyl (C=S) groups is 1. The SMILES string of the molecule is O=C(NC(=S)NCc1ccco1)c1csc([N+](=O)[O-])c1. The topological polar surface area (TPSA) is 97.4 Å². The van der Waals surface area contributed by atoms with Gasteiger partial charge in [-0.2, -0.15) is 0 Å². The fraction of sp³-hybridized carbons (Fsp3) is 0.0909. The lowest BCUT2D eigenvalue weighted by atomic mass is 10.3. The molecule has 0 radical (unpaired) electrons. The number of carbonyl (C=O) groups is 1. The van der Waals surface area contributed by atoms with Gasteiger partial charge >= 0.3 is 5.00 Å². The van der Waals surface area contributed by atoms with E-state index in [1.54, 1.807) is 12.1 Å². The molecule has 20 heavy (non-hydrogen) atoms. The van der Waals surface area contributed by atoms with Crippen molar-refractivity contribution in [2.45, 2.75) is 6.54 Å². The van der Waals surface area contributed by atoms with Crippen LogP contribution in [-0.2, 0) is 6.54 Å². The van der Waals surface area contributed by atoms with Crippen LogP contribution in [0.25, 0.3) is 0 Å². The number of thiophene rings is 1. The van der Waals surface area contributed by atoms with E-state index in [9.17, 15) is 14.9 Å². The van der Waals surface area contributed by atoms with Gasteiger partial charge < -0.3 is 9.73 Å². The van der Waals surface area contributed by atoms with E-state index in [1.807, 2.05) is 0 Å². The van der Waals surface area contributed by atoms with Crippen LogP contribution in [0, 0.1) is 10.1 Å². The lowest BCUT2D eigenvalue weighted by Gasteiger charge is -2.07. The summed E-state index contributed by atoms with van der Waals surface area (Å²) in [7, 11) is 0. The van der Waals surface area contributed by atoms with Gasteiger partial charge in [0.05, 0.1) is 23.3 Å². The van der Waals surface area contributed by atoms with E-state index in [4.69, 9.17) is 16.6 Å². The van der Waals surface area contributed by atoms with Gasteiger partial charge in [0.1, 0.15) is 5.76 Å². The molecule has 0 aromatic carbocycles. The van der Waals surface area contributed by atoms with E-state index >= 15 is 0 Å². The van der Waals surface area contributed by atoms with Crippen molar-refractivity contribution in [2.75, 3.05) is 0 Å². The van der Waals surface area contributed by atoms with E-state index in [0.717, 1.165) is 11.3 Å². The van der Waals surface area contributed by atoms with Crippen LogP contribution >= 0.6 is 23.6 Å². The van der Waals surface area contributed by atoms with Crippen molar-refractivity contribution in [3.63, 3.8) is 0 Å². The van der Waals surface area contributed by atoms with Crippen LogP contribution in [-0.4, -0.2) is 15.9 Å². The van der Waals surface area contributed by atoms with Gasteiger partial charge in [-0.15, -0.1) is 0 Å². The quantitative estimate of drug-likeness (QED) is 0.509. The first-order chi connectivity index (χ1) is 9.56. The molecule has 0 fully saturated rings. The lowest BCUT2D eigenvalue weighted by Crippen LogP contribution is -2.38. The highest BCUT2D eigenvalue weighted by Crippen LogP contribution is 2.22. The number of nitrogens with zero attached hydrogens (tertiary/aromatic N) is 1. The maximum absolute atomic E-state index is 11.8. The number of rotatable bonds is 4. The molecule has 0 unspecified atom stereocenters. The number of carbonyl (C=O) groups excluding carboxylic acids is 1. The standard InChI is InChI=1S/C11H9N3O4S2/c15-10(7-4-9(14(16)17)20-6-7)13-11(19)12-5-8-2-1-3-18-8/h1-4,6H,5H2,(H2,12,13,15,19). The second-order valence-corrected chi connectivity index (χ2v) is 4.94. The van der Waals surface area contributed by atoms with Crippen molar-refractivity contribution in [3.8, 4) is 0 Å². The number of nitro groups is 1. The van der Waals surface area contributed by atoms with Crippen LogP contribution in [0.3, 0.4) is 0 Å². The molecule has 2 rings (SSSR count). The Morgan fingerprint density at radius 1 is 1.55 bits per heavy atom. The maximum Gasteiger partial charge on any atom is 0.324 e. The van der Waals surface area contributed by atoms with E-state index in [0.29, 0.717) is 12.3 Å². The summed E-state index contributed by atoms with van der Waals surface area (Å²) in [6.07, 6.45) is 1.53. The van der Waals surface area contributed by atoms with Crippen LogP contribution in [0.15, 0.2) is 34.3 Å². The van der Waals surface area contributed by atoms with Gasteiger partial charge in [-0.1, -0.05) is 11.3 Å². The molecule has 0 atom stereocenters. The van der Waals surface area contributed by atoms with Crippen LogP contribution < -0.4 is 10.6 Å². The first kappa shape index (κ1) is 14.2. The Kier molecular flexibility index (Phi) is 4.43. The molecule has 0 saturated heterocycles. The summed E-state index contributed by atoms with van der Waals surface area (Å²) in [6, 6.07) is 4.71. The average molecular weight is 311 g/mol. The maximum atomic E-state index is 11.8. The number of hydrogen-bond acceptors (Lipinski definition) is 6. The van der Waals surface area contributed by atoms with E-state index in [1.165, 1.54) is 17.7 Å². The Balaban J connectivity index is 1.86. The molecule has 2 N–H and O–H groups in total. The summed E-state index contributed by atoms with van der Waals surface area (Å²) in [5.74, 6) is 0.180. The highest BCUT2D eigenvalue weighted by molar-refractivity contribution is 7.80. The van der Waals surface area contributed by atoms with Crippen molar-refractivity contribution < 1.29 is 14.1 Å². The number of hydrogen-bond donors (Lipinski definition) is 2. The van der Waals surface area contributed by atoms with E-state index in [2.05, 4.69) is 10.6 Å². The van der Waals surface area contributed by atoms with Crippen molar-refractivity contribution in [3.05, 3.63) is 51.3 Å². The number of nitrogens with one attached hydrogen (secondary N) is 2. The third kappa shape index (κ3) is 3.62. The summed E-state index contributed by atoms with van der Waals surface area (Å²) in [6.45, 7) is 0.343. The second kappa shape index (κ2) is 6.26. The molecule has 1 amide bonds. The lowest BCUT2D eigenvalue weighted by molar-refractivity contribution is -0.380. The monoisotopic (exact) mass is 311 g/mol. The molecule has 0 aliphatic carbocycles. The predicted octanol–water partition coefficient (Wildman–Crippen LogP) is 2.05. The van der Waals surface area contributed by atoms with E-state index in [-0.39, 0.29) is 15.7 Å². The van der Waals surface area contributed by atoms with Crippen molar-refractivity contribution in [2.24, 2.45) is 0 Å². The Morgan fingerprint density at radius 3 is 2.95 bits per heavy atom. The van der Waals surface area contributed by atoms with Gasteiger partial charge in [0, 0.05) is 11.4 Å². The Bertz CT molecular complexity index is 636. The zero-order valence-electron chi connectivity index (χ0n) is 9.99. The summed E-state index contributed by atoms with van der Waals surface area (Å²) >= 11 is 5.83. The Morgan fingerprint density at radius 2 is 2.35 bits per heavy atom. The molecule has 9 heteroatoms. The van der Waals surface area contributed by atoms with Crippen molar-refractivity contribution in [1.29, 1.82) is 0 Å². The third-order valence-corrected chi connectivity index (χ3v) is 3.38. The molecular formula is C11H9N3O4S2. The number of furan rings is 1. The van der Waals surface area contributed by atoms with Gasteiger partial charge in [0.2, 0.25) is 0 Å². The van der Waals surface area contributed by atoms with Crippen LogP contribution in [0.1, 0.15) is 16.1 Å². The average Bonchev–Trinajstić information content (AvgIpc) is 3.07. The molecule has 0 aliphatic rings. The minimum absolute atomic E-state index is 0.0930. The smallest absolute Gasteiger partial charge is 0.324 e. The van der Waals surface area contributed by atoms with Crippen LogP contribution in [0.2, 0.25) is 0 Å². The first-order valence-corrected chi connectivity index (χ1v) is 6.69. The second-order valence-electron chi connectivity index (χ2n) is 3.65. The third-order valence-electron chi connectivity index (χ3n) is 2.26. The van der Waals surface area contributed by atoms with Gasteiger partial charge in [-0.3, -0.25) is 20.2 Å². The Hall–Kier alpha value is -2.26.